The number of hydrogen-bond acceptors (Lipinski definition) is 4. The van der Waals surface area contributed by atoms with Crippen molar-refractivity contribution in [2.75, 3.05) is 24.5 Å². The highest BCUT2D eigenvalue weighted by atomic mass is 32.1. The summed E-state index contributed by atoms with van der Waals surface area (Å²) >= 11 is 1.74. The monoisotopic (exact) mass is 315 g/mol. The summed E-state index contributed by atoms with van der Waals surface area (Å²) in [5, 5.41) is 5.15. The Bertz CT molecular complexity index is 577. The second-order valence-corrected chi connectivity index (χ2v) is 6.60. The Hall–Kier alpha value is -1.88. The summed E-state index contributed by atoms with van der Waals surface area (Å²) < 4.78 is 0. The van der Waals surface area contributed by atoms with Crippen LogP contribution in [0.15, 0.2) is 41.9 Å². The van der Waals surface area contributed by atoms with Gasteiger partial charge in [0.2, 0.25) is 5.91 Å². The van der Waals surface area contributed by atoms with Crippen LogP contribution in [-0.4, -0.2) is 30.5 Å². The molecule has 0 radical (unpaired) electrons. The molecule has 0 bridgehead atoms. The van der Waals surface area contributed by atoms with Crippen molar-refractivity contribution in [1.82, 2.24) is 10.3 Å². The van der Waals surface area contributed by atoms with Gasteiger partial charge in [0.15, 0.2) is 0 Å². The topological polar surface area (TPSA) is 45.2 Å². The van der Waals surface area contributed by atoms with Gasteiger partial charge in [-0.1, -0.05) is 12.1 Å². The Kier molecular flexibility index (Phi) is 5.06. The first kappa shape index (κ1) is 15.0. The normalized spacial score (nSPS) is 15.7. The van der Waals surface area contributed by atoms with E-state index in [1.54, 1.807) is 11.3 Å². The lowest BCUT2D eigenvalue weighted by Crippen LogP contribution is -2.41. The van der Waals surface area contributed by atoms with Gasteiger partial charge in [-0.25, -0.2) is 4.98 Å². The molecule has 0 aromatic carbocycles. The van der Waals surface area contributed by atoms with Crippen LogP contribution in [0.1, 0.15) is 17.7 Å². The van der Waals surface area contributed by atoms with Crippen molar-refractivity contribution in [3.8, 4) is 0 Å². The minimum absolute atomic E-state index is 0.142. The van der Waals surface area contributed by atoms with Gasteiger partial charge in [-0.3, -0.25) is 4.79 Å². The summed E-state index contributed by atoms with van der Waals surface area (Å²) in [5.41, 5.74) is 0. The summed E-state index contributed by atoms with van der Waals surface area (Å²) in [4.78, 5) is 20.2. The van der Waals surface area contributed by atoms with Gasteiger partial charge in [0.1, 0.15) is 5.82 Å². The van der Waals surface area contributed by atoms with E-state index in [9.17, 15) is 4.79 Å². The quantitative estimate of drug-likeness (QED) is 0.923. The predicted molar refractivity (Wildman–Crippen MR) is 90.2 cm³/mol. The number of carbonyl (C=O) groups is 1. The molecule has 5 heteroatoms. The second kappa shape index (κ2) is 7.40. The van der Waals surface area contributed by atoms with E-state index in [-0.39, 0.29) is 11.8 Å². The zero-order chi connectivity index (χ0) is 15.2. The first-order valence-corrected chi connectivity index (χ1v) is 8.67. The summed E-state index contributed by atoms with van der Waals surface area (Å²) in [6.07, 6.45) is 4.55. The molecule has 0 aliphatic carbocycles. The lowest BCUT2D eigenvalue weighted by molar-refractivity contribution is -0.125. The third-order valence-electron chi connectivity index (χ3n) is 4.09. The smallest absolute Gasteiger partial charge is 0.223 e. The fourth-order valence-electron chi connectivity index (χ4n) is 2.82. The number of anilines is 1. The fraction of sp³-hybridized carbons (Fsp3) is 0.412. The molecule has 1 N–H and O–H groups in total. The lowest BCUT2D eigenvalue weighted by atomic mass is 9.96. The number of hydrogen-bond donors (Lipinski definition) is 1. The molecule has 3 heterocycles. The number of piperidine rings is 1. The van der Waals surface area contributed by atoms with E-state index in [1.165, 1.54) is 4.88 Å². The van der Waals surface area contributed by atoms with Crippen molar-refractivity contribution in [3.63, 3.8) is 0 Å². The molecule has 116 valence electrons. The number of nitrogens with one attached hydrogen (secondary N) is 1. The Balaban J connectivity index is 1.42. The largest absolute Gasteiger partial charge is 0.357 e. The van der Waals surface area contributed by atoms with Crippen LogP contribution >= 0.6 is 11.3 Å². The van der Waals surface area contributed by atoms with E-state index in [1.807, 2.05) is 24.4 Å². The number of carbonyl (C=O) groups excluding carboxylic acids is 1. The molecule has 1 amide bonds. The van der Waals surface area contributed by atoms with Crippen molar-refractivity contribution in [1.29, 1.82) is 0 Å². The van der Waals surface area contributed by atoms with Crippen LogP contribution in [-0.2, 0) is 11.2 Å². The number of thiophene rings is 1. The van der Waals surface area contributed by atoms with Crippen molar-refractivity contribution < 1.29 is 4.79 Å². The number of rotatable bonds is 5. The molecule has 1 fully saturated rings. The second-order valence-electron chi connectivity index (χ2n) is 5.57. The maximum absolute atomic E-state index is 12.2. The average Bonchev–Trinajstić information content (AvgIpc) is 3.09. The molecule has 2 aromatic rings. The molecule has 22 heavy (non-hydrogen) atoms. The van der Waals surface area contributed by atoms with Crippen LogP contribution in [0.3, 0.4) is 0 Å². The molecule has 1 aliphatic heterocycles. The van der Waals surface area contributed by atoms with Crippen LogP contribution in [0.2, 0.25) is 0 Å². The van der Waals surface area contributed by atoms with E-state index in [2.05, 4.69) is 32.7 Å². The maximum Gasteiger partial charge on any atom is 0.223 e. The van der Waals surface area contributed by atoms with Crippen molar-refractivity contribution in [3.05, 3.63) is 46.8 Å². The molecular formula is C17H21N3OS. The minimum Gasteiger partial charge on any atom is -0.357 e. The average molecular weight is 315 g/mol. The maximum atomic E-state index is 12.2. The molecule has 1 aliphatic rings. The zero-order valence-corrected chi connectivity index (χ0v) is 13.4. The summed E-state index contributed by atoms with van der Waals surface area (Å²) in [6.45, 7) is 2.54. The first-order chi connectivity index (χ1) is 10.8. The minimum atomic E-state index is 0.142. The Morgan fingerprint density at radius 2 is 2.14 bits per heavy atom. The van der Waals surface area contributed by atoms with Gasteiger partial charge in [0.25, 0.3) is 0 Å². The molecule has 0 unspecified atom stereocenters. The van der Waals surface area contributed by atoms with Crippen LogP contribution in [0, 0.1) is 5.92 Å². The summed E-state index contributed by atoms with van der Waals surface area (Å²) in [5.74, 6) is 1.36. The Labute approximate surface area is 135 Å². The summed E-state index contributed by atoms with van der Waals surface area (Å²) in [7, 11) is 0. The molecule has 1 saturated heterocycles. The molecule has 0 spiro atoms. The molecule has 0 saturated carbocycles. The van der Waals surface area contributed by atoms with Crippen molar-refractivity contribution >= 4 is 23.1 Å². The van der Waals surface area contributed by atoms with Gasteiger partial charge in [0, 0.05) is 36.6 Å². The standard InChI is InChI=1S/C17H21N3OS/c21-17(19-10-6-15-4-3-13-22-15)14-7-11-20(12-8-14)16-5-1-2-9-18-16/h1-5,9,13-14H,6-8,10-12H2,(H,19,21). The van der Waals surface area contributed by atoms with Gasteiger partial charge in [0.05, 0.1) is 0 Å². The molecule has 2 aromatic heterocycles. The van der Waals surface area contributed by atoms with Gasteiger partial charge in [-0.15, -0.1) is 11.3 Å². The van der Waals surface area contributed by atoms with Crippen molar-refractivity contribution in [2.45, 2.75) is 19.3 Å². The van der Waals surface area contributed by atoms with Gasteiger partial charge >= 0.3 is 0 Å². The number of amides is 1. The van der Waals surface area contributed by atoms with E-state index in [4.69, 9.17) is 0 Å². The number of pyridine rings is 1. The fourth-order valence-corrected chi connectivity index (χ4v) is 3.53. The third kappa shape index (κ3) is 3.85. The lowest BCUT2D eigenvalue weighted by Gasteiger charge is -2.32. The van der Waals surface area contributed by atoms with Gasteiger partial charge in [-0.05, 0) is 42.8 Å². The highest BCUT2D eigenvalue weighted by Gasteiger charge is 2.25. The SMILES string of the molecule is O=C(NCCc1cccs1)C1CCN(c2ccccn2)CC1. The van der Waals surface area contributed by atoms with Gasteiger partial charge in [-0.2, -0.15) is 0 Å². The molecule has 4 nitrogen and oxygen atoms in total. The van der Waals surface area contributed by atoms with Crippen LogP contribution < -0.4 is 10.2 Å². The molecule has 0 atom stereocenters. The van der Waals surface area contributed by atoms with E-state index in [0.29, 0.717) is 0 Å². The van der Waals surface area contributed by atoms with Crippen LogP contribution in [0.4, 0.5) is 5.82 Å². The highest BCUT2D eigenvalue weighted by molar-refractivity contribution is 7.09. The Morgan fingerprint density at radius 1 is 1.27 bits per heavy atom. The predicted octanol–water partition coefficient (Wildman–Crippen LogP) is 2.72. The van der Waals surface area contributed by atoms with Crippen LogP contribution in [0.5, 0.6) is 0 Å². The number of nitrogens with zero attached hydrogens (tertiary/aromatic N) is 2. The zero-order valence-electron chi connectivity index (χ0n) is 12.6. The Morgan fingerprint density at radius 3 is 2.82 bits per heavy atom. The number of aromatic nitrogens is 1. The van der Waals surface area contributed by atoms with E-state index < -0.39 is 0 Å². The first-order valence-electron chi connectivity index (χ1n) is 7.79. The molecular weight excluding hydrogens is 294 g/mol. The van der Waals surface area contributed by atoms with E-state index >= 15 is 0 Å². The molecule has 3 rings (SSSR count). The summed E-state index contributed by atoms with van der Waals surface area (Å²) in [6, 6.07) is 10.1. The highest BCUT2D eigenvalue weighted by Crippen LogP contribution is 2.21. The van der Waals surface area contributed by atoms with E-state index in [0.717, 1.165) is 44.7 Å². The van der Waals surface area contributed by atoms with Crippen molar-refractivity contribution in [2.24, 2.45) is 5.92 Å². The van der Waals surface area contributed by atoms with Crippen LogP contribution in [0.25, 0.3) is 0 Å². The third-order valence-corrected chi connectivity index (χ3v) is 5.03. The van der Waals surface area contributed by atoms with Gasteiger partial charge < -0.3 is 10.2 Å².